The summed E-state index contributed by atoms with van der Waals surface area (Å²) in [5.41, 5.74) is 0.764. The van der Waals surface area contributed by atoms with Crippen LogP contribution in [0.15, 0.2) is 12.2 Å². The van der Waals surface area contributed by atoms with Gasteiger partial charge in [0.05, 0.1) is 13.2 Å². The average Bonchev–Trinajstić information content (AvgIpc) is 2.70. The summed E-state index contributed by atoms with van der Waals surface area (Å²) in [5.74, 6) is -0.291. The molecule has 15 heavy (non-hydrogen) atoms. The van der Waals surface area contributed by atoms with Gasteiger partial charge < -0.3 is 9.47 Å². The third-order valence-corrected chi connectivity index (χ3v) is 2.50. The van der Waals surface area contributed by atoms with Crippen LogP contribution in [-0.4, -0.2) is 38.4 Å². The van der Waals surface area contributed by atoms with Crippen LogP contribution >= 0.6 is 0 Å². The minimum atomic E-state index is -0.417. The van der Waals surface area contributed by atoms with Crippen LogP contribution in [0.5, 0.6) is 0 Å². The van der Waals surface area contributed by atoms with Gasteiger partial charge in [0.25, 0.3) is 0 Å². The zero-order valence-electron chi connectivity index (χ0n) is 9.41. The lowest BCUT2D eigenvalue weighted by molar-refractivity contribution is -0.142. The molecule has 4 heteroatoms. The van der Waals surface area contributed by atoms with Crippen LogP contribution in [0, 0.1) is 0 Å². The first-order chi connectivity index (χ1) is 7.15. The number of hydrogen-bond acceptors (Lipinski definition) is 4. The monoisotopic (exact) mass is 213 g/mol. The van der Waals surface area contributed by atoms with E-state index in [4.69, 9.17) is 4.74 Å². The maximum atomic E-state index is 11.4. The Morgan fingerprint density at radius 2 is 2.47 bits per heavy atom. The van der Waals surface area contributed by atoms with Crippen molar-refractivity contribution in [2.45, 2.75) is 31.9 Å². The predicted octanol–water partition coefficient (Wildman–Crippen LogP) is 0.873. The lowest BCUT2D eigenvalue weighted by atomic mass is 10.1. The molecule has 0 aromatic rings. The minimum absolute atomic E-state index is 0.219. The average molecular weight is 213 g/mol. The number of esters is 1. The van der Waals surface area contributed by atoms with E-state index in [2.05, 4.69) is 16.6 Å². The summed E-state index contributed by atoms with van der Waals surface area (Å²) in [6.07, 6.45) is 2.37. The van der Waals surface area contributed by atoms with Gasteiger partial charge in [-0.25, -0.2) is 0 Å². The Balaban J connectivity index is 2.37. The van der Waals surface area contributed by atoms with Gasteiger partial charge in [0.2, 0.25) is 0 Å². The van der Waals surface area contributed by atoms with Gasteiger partial charge in [-0.1, -0.05) is 12.2 Å². The summed E-state index contributed by atoms with van der Waals surface area (Å²) < 4.78 is 10.1. The highest BCUT2D eigenvalue weighted by Gasteiger charge is 2.22. The van der Waals surface area contributed by atoms with Crippen LogP contribution in [-0.2, 0) is 14.3 Å². The highest BCUT2D eigenvalue weighted by molar-refractivity contribution is 5.79. The molecule has 0 radical (unpaired) electrons. The predicted molar refractivity (Wildman–Crippen MR) is 57.6 cm³/mol. The SMILES string of the molecule is C=C(C)C(NCC1CCCO1)C(=O)OC. The van der Waals surface area contributed by atoms with Crippen LogP contribution in [0.2, 0.25) is 0 Å². The van der Waals surface area contributed by atoms with E-state index in [-0.39, 0.29) is 12.1 Å². The molecule has 1 heterocycles. The number of ether oxygens (including phenoxy) is 2. The number of rotatable bonds is 5. The molecule has 0 saturated carbocycles. The Kier molecular flexibility index (Phi) is 4.78. The Bertz CT molecular complexity index is 234. The summed E-state index contributed by atoms with van der Waals surface area (Å²) in [5, 5.41) is 3.11. The molecule has 0 spiro atoms. The molecule has 2 atom stereocenters. The molecule has 1 saturated heterocycles. The van der Waals surface area contributed by atoms with Gasteiger partial charge in [-0.3, -0.25) is 10.1 Å². The Labute approximate surface area is 90.6 Å². The first-order valence-corrected chi connectivity index (χ1v) is 5.23. The summed E-state index contributed by atoms with van der Waals surface area (Å²) in [6, 6.07) is -0.417. The molecule has 86 valence electrons. The lowest BCUT2D eigenvalue weighted by Crippen LogP contribution is -2.42. The number of carbonyl (C=O) groups excluding carboxylic acids is 1. The third-order valence-electron chi connectivity index (χ3n) is 2.50. The van der Waals surface area contributed by atoms with E-state index in [1.807, 2.05) is 6.92 Å². The summed E-state index contributed by atoms with van der Waals surface area (Å²) in [7, 11) is 1.38. The molecule has 4 nitrogen and oxygen atoms in total. The van der Waals surface area contributed by atoms with Crippen molar-refractivity contribution in [1.29, 1.82) is 0 Å². The van der Waals surface area contributed by atoms with Crippen LogP contribution in [0.1, 0.15) is 19.8 Å². The lowest BCUT2D eigenvalue weighted by Gasteiger charge is -2.18. The van der Waals surface area contributed by atoms with Crippen molar-refractivity contribution in [2.75, 3.05) is 20.3 Å². The molecule has 1 rings (SSSR count). The molecule has 0 aliphatic carbocycles. The maximum absolute atomic E-state index is 11.4. The summed E-state index contributed by atoms with van der Waals surface area (Å²) in [4.78, 5) is 11.4. The molecule has 0 bridgehead atoms. The van der Waals surface area contributed by atoms with Crippen molar-refractivity contribution in [2.24, 2.45) is 0 Å². The second-order valence-electron chi connectivity index (χ2n) is 3.85. The van der Waals surface area contributed by atoms with Crippen LogP contribution < -0.4 is 5.32 Å². The van der Waals surface area contributed by atoms with Crippen molar-refractivity contribution < 1.29 is 14.3 Å². The second-order valence-corrected chi connectivity index (χ2v) is 3.85. The standard InChI is InChI=1S/C11H19NO3/c1-8(2)10(11(13)14-3)12-7-9-5-4-6-15-9/h9-10,12H,1,4-7H2,2-3H3. The normalized spacial score (nSPS) is 22.4. The van der Waals surface area contributed by atoms with Crippen molar-refractivity contribution >= 4 is 5.97 Å². The zero-order chi connectivity index (χ0) is 11.3. The molecule has 0 amide bonds. The molecule has 1 N–H and O–H groups in total. The van der Waals surface area contributed by atoms with E-state index in [0.29, 0.717) is 6.54 Å². The Hall–Kier alpha value is -0.870. The molecule has 0 aromatic heterocycles. The van der Waals surface area contributed by atoms with Gasteiger partial charge in [-0.05, 0) is 19.8 Å². The fourth-order valence-corrected chi connectivity index (χ4v) is 1.63. The van der Waals surface area contributed by atoms with Gasteiger partial charge >= 0.3 is 5.97 Å². The molecular weight excluding hydrogens is 194 g/mol. The van der Waals surface area contributed by atoms with E-state index in [0.717, 1.165) is 25.0 Å². The molecule has 2 unspecified atom stereocenters. The number of methoxy groups -OCH3 is 1. The highest BCUT2D eigenvalue weighted by Crippen LogP contribution is 2.11. The fraction of sp³-hybridized carbons (Fsp3) is 0.727. The summed E-state index contributed by atoms with van der Waals surface area (Å²) in [6.45, 7) is 7.07. The van der Waals surface area contributed by atoms with E-state index >= 15 is 0 Å². The second kappa shape index (κ2) is 5.88. The smallest absolute Gasteiger partial charge is 0.327 e. The van der Waals surface area contributed by atoms with Crippen molar-refractivity contribution in [3.05, 3.63) is 12.2 Å². The fourth-order valence-electron chi connectivity index (χ4n) is 1.63. The number of hydrogen-bond donors (Lipinski definition) is 1. The maximum Gasteiger partial charge on any atom is 0.327 e. The van der Waals surface area contributed by atoms with Gasteiger partial charge in [-0.2, -0.15) is 0 Å². The van der Waals surface area contributed by atoms with E-state index < -0.39 is 6.04 Å². The van der Waals surface area contributed by atoms with Crippen LogP contribution in [0.3, 0.4) is 0 Å². The third kappa shape index (κ3) is 3.64. The number of nitrogens with one attached hydrogen (secondary N) is 1. The molecular formula is C11H19NO3. The van der Waals surface area contributed by atoms with E-state index in [9.17, 15) is 4.79 Å². The largest absolute Gasteiger partial charge is 0.468 e. The van der Waals surface area contributed by atoms with E-state index in [1.165, 1.54) is 7.11 Å². The molecule has 1 fully saturated rings. The van der Waals surface area contributed by atoms with Crippen molar-refractivity contribution in [3.8, 4) is 0 Å². The van der Waals surface area contributed by atoms with Crippen molar-refractivity contribution in [1.82, 2.24) is 5.32 Å². The highest BCUT2D eigenvalue weighted by atomic mass is 16.5. The van der Waals surface area contributed by atoms with Crippen molar-refractivity contribution in [3.63, 3.8) is 0 Å². The topological polar surface area (TPSA) is 47.6 Å². The first kappa shape index (κ1) is 12.2. The molecule has 1 aliphatic heterocycles. The van der Waals surface area contributed by atoms with Crippen LogP contribution in [0.25, 0.3) is 0 Å². The van der Waals surface area contributed by atoms with Crippen LogP contribution in [0.4, 0.5) is 0 Å². The molecule has 1 aliphatic rings. The summed E-state index contributed by atoms with van der Waals surface area (Å²) >= 11 is 0. The Morgan fingerprint density at radius 1 is 1.73 bits per heavy atom. The zero-order valence-corrected chi connectivity index (χ0v) is 9.41. The first-order valence-electron chi connectivity index (χ1n) is 5.23. The van der Waals surface area contributed by atoms with Gasteiger partial charge in [0.15, 0.2) is 0 Å². The van der Waals surface area contributed by atoms with E-state index in [1.54, 1.807) is 0 Å². The van der Waals surface area contributed by atoms with Gasteiger partial charge in [-0.15, -0.1) is 0 Å². The molecule has 0 aromatic carbocycles. The minimum Gasteiger partial charge on any atom is -0.468 e. The number of carbonyl (C=O) groups is 1. The Morgan fingerprint density at radius 3 is 2.93 bits per heavy atom. The quantitative estimate of drug-likeness (QED) is 0.544. The van der Waals surface area contributed by atoms with Gasteiger partial charge in [0.1, 0.15) is 6.04 Å². The van der Waals surface area contributed by atoms with Gasteiger partial charge in [0, 0.05) is 13.2 Å².